The molecule has 15 heavy (non-hydrogen) atoms. The number of carboxylic acids is 1. The highest BCUT2D eigenvalue weighted by Gasteiger charge is 2.38. The Kier molecular flexibility index (Phi) is 5.00. The number of hydrogen-bond acceptors (Lipinski definition) is 3. The fourth-order valence-electron chi connectivity index (χ4n) is 1.04. The Bertz CT molecular complexity index is 260. The summed E-state index contributed by atoms with van der Waals surface area (Å²) in [5.74, 6) is -1.71. The van der Waals surface area contributed by atoms with Crippen LogP contribution in [0.3, 0.4) is 0 Å². The molecule has 0 aliphatic heterocycles. The Balaban J connectivity index is 4.76. The van der Waals surface area contributed by atoms with Crippen molar-refractivity contribution in [2.75, 3.05) is 19.7 Å². The molecule has 0 aromatic heterocycles. The van der Waals surface area contributed by atoms with Crippen LogP contribution < -0.4 is 0 Å². The van der Waals surface area contributed by atoms with E-state index in [2.05, 4.69) is 6.58 Å². The molecule has 2 N–H and O–H groups in total. The highest BCUT2D eigenvalue weighted by Crippen LogP contribution is 2.18. The van der Waals surface area contributed by atoms with E-state index in [-0.39, 0.29) is 19.7 Å². The predicted octanol–water partition coefficient (Wildman–Crippen LogP) is 0.104. The molecule has 0 saturated heterocycles. The highest BCUT2D eigenvalue weighted by molar-refractivity contribution is 6.01. The number of carboxylic acid groups (broad SMARTS) is 1. The molecular formula is C10H17NO4. The van der Waals surface area contributed by atoms with Crippen molar-refractivity contribution < 1.29 is 19.8 Å². The number of aliphatic hydroxyl groups is 1. The Labute approximate surface area is 89.0 Å². The first-order chi connectivity index (χ1) is 6.87. The zero-order valence-corrected chi connectivity index (χ0v) is 9.06. The van der Waals surface area contributed by atoms with Crippen LogP contribution in [-0.2, 0) is 9.59 Å². The fourth-order valence-corrected chi connectivity index (χ4v) is 1.04. The average molecular weight is 215 g/mol. The Hall–Kier alpha value is -1.36. The second-order valence-electron chi connectivity index (χ2n) is 3.69. The molecule has 0 heterocycles. The summed E-state index contributed by atoms with van der Waals surface area (Å²) in [5, 5.41) is 17.6. The van der Waals surface area contributed by atoms with E-state index in [0.717, 1.165) is 0 Å². The molecule has 0 fully saturated rings. The van der Waals surface area contributed by atoms with Crippen molar-refractivity contribution >= 4 is 11.9 Å². The van der Waals surface area contributed by atoms with Gasteiger partial charge in [-0.2, -0.15) is 0 Å². The minimum Gasteiger partial charge on any atom is -0.480 e. The van der Waals surface area contributed by atoms with E-state index in [9.17, 15) is 9.59 Å². The van der Waals surface area contributed by atoms with Crippen molar-refractivity contribution in [2.24, 2.45) is 5.41 Å². The van der Waals surface area contributed by atoms with Crippen molar-refractivity contribution in [3.05, 3.63) is 12.7 Å². The SMILES string of the molecule is C=CCN(CCO)C(=O)C(C)(C)C(=O)O. The number of nitrogens with zero attached hydrogens (tertiary/aromatic N) is 1. The number of hydrogen-bond donors (Lipinski definition) is 2. The second kappa shape index (κ2) is 5.50. The summed E-state index contributed by atoms with van der Waals surface area (Å²) in [7, 11) is 0. The summed E-state index contributed by atoms with van der Waals surface area (Å²) in [5.41, 5.74) is -1.47. The van der Waals surface area contributed by atoms with Crippen molar-refractivity contribution in [2.45, 2.75) is 13.8 Å². The van der Waals surface area contributed by atoms with Gasteiger partial charge in [-0.05, 0) is 13.8 Å². The number of rotatable bonds is 6. The first-order valence-electron chi connectivity index (χ1n) is 4.62. The summed E-state index contributed by atoms with van der Waals surface area (Å²) in [6, 6.07) is 0. The van der Waals surface area contributed by atoms with Gasteiger partial charge in [-0.1, -0.05) is 6.08 Å². The van der Waals surface area contributed by atoms with Gasteiger partial charge in [-0.25, -0.2) is 0 Å². The number of carbonyl (C=O) groups is 2. The third-order valence-corrected chi connectivity index (χ3v) is 2.08. The Morgan fingerprint density at radius 2 is 2.00 bits per heavy atom. The number of aliphatic carboxylic acids is 1. The molecule has 0 spiro atoms. The normalized spacial score (nSPS) is 10.9. The molecule has 0 rings (SSSR count). The summed E-state index contributed by atoms with van der Waals surface area (Å²) in [6.45, 7) is 6.29. The molecule has 0 unspecified atom stereocenters. The lowest BCUT2D eigenvalue weighted by molar-refractivity contribution is -0.158. The zero-order valence-electron chi connectivity index (χ0n) is 9.06. The summed E-state index contributed by atoms with van der Waals surface area (Å²) in [6.07, 6.45) is 1.49. The van der Waals surface area contributed by atoms with E-state index < -0.39 is 17.3 Å². The van der Waals surface area contributed by atoms with Gasteiger partial charge in [-0.3, -0.25) is 9.59 Å². The van der Waals surface area contributed by atoms with Gasteiger partial charge in [0.1, 0.15) is 5.41 Å². The number of carbonyl (C=O) groups excluding carboxylic acids is 1. The standard InChI is InChI=1S/C10H17NO4/c1-4-5-11(6-7-12)8(13)10(2,3)9(14)15/h4,12H,1,5-7H2,2-3H3,(H,14,15). The van der Waals surface area contributed by atoms with Gasteiger partial charge in [0.25, 0.3) is 0 Å². The lowest BCUT2D eigenvalue weighted by atomic mass is 9.92. The van der Waals surface area contributed by atoms with Crippen LogP contribution in [0.25, 0.3) is 0 Å². The van der Waals surface area contributed by atoms with Gasteiger partial charge in [0.15, 0.2) is 0 Å². The van der Waals surface area contributed by atoms with Crippen LogP contribution >= 0.6 is 0 Å². The molecule has 0 atom stereocenters. The average Bonchev–Trinajstić information content (AvgIpc) is 2.16. The summed E-state index contributed by atoms with van der Waals surface area (Å²) < 4.78 is 0. The first-order valence-corrected chi connectivity index (χ1v) is 4.62. The van der Waals surface area contributed by atoms with E-state index in [4.69, 9.17) is 10.2 Å². The van der Waals surface area contributed by atoms with Crippen LogP contribution in [0.4, 0.5) is 0 Å². The molecule has 0 saturated carbocycles. The quantitative estimate of drug-likeness (QED) is 0.486. The van der Waals surface area contributed by atoms with Crippen molar-refractivity contribution in [3.8, 4) is 0 Å². The first kappa shape index (κ1) is 13.6. The van der Waals surface area contributed by atoms with E-state index in [0.29, 0.717) is 0 Å². The summed E-state index contributed by atoms with van der Waals surface area (Å²) >= 11 is 0. The van der Waals surface area contributed by atoms with E-state index >= 15 is 0 Å². The second-order valence-corrected chi connectivity index (χ2v) is 3.69. The van der Waals surface area contributed by atoms with Crippen LogP contribution in [-0.4, -0.2) is 46.7 Å². The van der Waals surface area contributed by atoms with Gasteiger partial charge in [0, 0.05) is 13.1 Å². The van der Waals surface area contributed by atoms with E-state index in [1.54, 1.807) is 0 Å². The molecule has 5 nitrogen and oxygen atoms in total. The van der Waals surface area contributed by atoms with Crippen LogP contribution in [0.15, 0.2) is 12.7 Å². The van der Waals surface area contributed by atoms with E-state index in [1.807, 2.05) is 0 Å². The van der Waals surface area contributed by atoms with Crippen LogP contribution in [0.5, 0.6) is 0 Å². The van der Waals surface area contributed by atoms with Crippen molar-refractivity contribution in [1.82, 2.24) is 4.90 Å². The van der Waals surface area contributed by atoms with Gasteiger partial charge >= 0.3 is 5.97 Å². The Morgan fingerprint density at radius 3 is 2.33 bits per heavy atom. The van der Waals surface area contributed by atoms with Gasteiger partial charge in [-0.15, -0.1) is 6.58 Å². The maximum absolute atomic E-state index is 11.8. The minimum absolute atomic E-state index is 0.113. The molecule has 0 aliphatic rings. The monoisotopic (exact) mass is 215 g/mol. The van der Waals surface area contributed by atoms with E-state index in [1.165, 1.54) is 24.8 Å². The third-order valence-electron chi connectivity index (χ3n) is 2.08. The van der Waals surface area contributed by atoms with Gasteiger partial charge in [0.05, 0.1) is 6.61 Å². The molecule has 0 aromatic carbocycles. The maximum atomic E-state index is 11.8. The zero-order chi connectivity index (χ0) is 12.1. The molecule has 5 heteroatoms. The number of amides is 1. The molecular weight excluding hydrogens is 198 g/mol. The molecule has 0 radical (unpaired) electrons. The summed E-state index contributed by atoms with van der Waals surface area (Å²) in [4.78, 5) is 23.9. The molecule has 86 valence electrons. The van der Waals surface area contributed by atoms with Crippen LogP contribution in [0.2, 0.25) is 0 Å². The van der Waals surface area contributed by atoms with Crippen LogP contribution in [0.1, 0.15) is 13.8 Å². The minimum atomic E-state index is -1.47. The highest BCUT2D eigenvalue weighted by atomic mass is 16.4. The number of aliphatic hydroxyl groups excluding tert-OH is 1. The smallest absolute Gasteiger partial charge is 0.318 e. The Morgan fingerprint density at radius 1 is 1.47 bits per heavy atom. The lowest BCUT2D eigenvalue weighted by Gasteiger charge is -2.27. The van der Waals surface area contributed by atoms with Crippen LogP contribution in [0, 0.1) is 5.41 Å². The molecule has 0 aliphatic carbocycles. The largest absolute Gasteiger partial charge is 0.480 e. The van der Waals surface area contributed by atoms with Gasteiger partial charge < -0.3 is 15.1 Å². The van der Waals surface area contributed by atoms with Crippen molar-refractivity contribution in [1.29, 1.82) is 0 Å². The third kappa shape index (κ3) is 3.36. The predicted molar refractivity (Wildman–Crippen MR) is 55.3 cm³/mol. The topological polar surface area (TPSA) is 77.8 Å². The van der Waals surface area contributed by atoms with Gasteiger partial charge in [0.2, 0.25) is 5.91 Å². The fraction of sp³-hybridized carbons (Fsp3) is 0.600. The lowest BCUT2D eigenvalue weighted by Crippen LogP contribution is -2.46. The molecule has 0 bridgehead atoms. The molecule has 1 amide bonds. The molecule has 0 aromatic rings. The van der Waals surface area contributed by atoms with Crippen molar-refractivity contribution in [3.63, 3.8) is 0 Å². The maximum Gasteiger partial charge on any atom is 0.318 e.